The second kappa shape index (κ2) is 3.58. The van der Waals surface area contributed by atoms with Gasteiger partial charge in [-0.2, -0.15) is 5.26 Å². The van der Waals surface area contributed by atoms with E-state index in [1.165, 1.54) is 12.1 Å². The Morgan fingerprint density at radius 2 is 2.07 bits per heavy atom. The maximum Gasteiger partial charge on any atom is 0.145 e. The Kier molecular flexibility index (Phi) is 2.81. The van der Waals surface area contributed by atoms with E-state index >= 15 is 0 Å². The number of halogens is 2. The second-order valence-electron chi connectivity index (χ2n) is 3.49. The van der Waals surface area contributed by atoms with Crippen molar-refractivity contribution in [3.8, 4) is 11.8 Å². The number of nitrogens with zero attached hydrogens (tertiary/aromatic N) is 1. The minimum Gasteiger partial charge on any atom is -0.508 e. The summed E-state index contributed by atoms with van der Waals surface area (Å²) in [5.74, 6) is -0.784. The van der Waals surface area contributed by atoms with Gasteiger partial charge in [0.05, 0.1) is 21.5 Å². The molecule has 0 unspecified atom stereocenters. The van der Waals surface area contributed by atoms with Crippen LogP contribution in [0.2, 0.25) is 0 Å². The number of benzene rings is 1. The van der Waals surface area contributed by atoms with Crippen LogP contribution in [-0.4, -0.2) is 5.11 Å². The fourth-order valence-corrected chi connectivity index (χ4v) is 1.52. The number of phenolic OH excluding ortho intramolecular Hbond substituents is 1. The molecule has 0 aromatic heterocycles. The molecule has 1 aromatic carbocycles. The molecular weight excluding hydrogens is 249 g/mol. The lowest BCUT2D eigenvalue weighted by Crippen LogP contribution is -2.16. The fourth-order valence-electron chi connectivity index (χ4n) is 1.19. The molecule has 0 saturated carbocycles. The smallest absolute Gasteiger partial charge is 0.145 e. The van der Waals surface area contributed by atoms with Crippen molar-refractivity contribution in [1.29, 1.82) is 5.26 Å². The van der Waals surface area contributed by atoms with E-state index < -0.39 is 11.2 Å². The van der Waals surface area contributed by atoms with Gasteiger partial charge in [-0.05, 0) is 41.9 Å². The van der Waals surface area contributed by atoms with Crippen LogP contribution in [0.3, 0.4) is 0 Å². The summed E-state index contributed by atoms with van der Waals surface area (Å²) in [6.45, 7) is 3.11. The van der Waals surface area contributed by atoms with E-state index in [0.29, 0.717) is 0 Å². The Balaban J connectivity index is 3.49. The Morgan fingerprint density at radius 3 is 2.57 bits per heavy atom. The van der Waals surface area contributed by atoms with E-state index in [2.05, 4.69) is 15.9 Å². The third-order valence-electron chi connectivity index (χ3n) is 1.98. The van der Waals surface area contributed by atoms with Gasteiger partial charge in [-0.1, -0.05) is 0 Å². The normalized spacial score (nSPS) is 11.1. The highest BCUT2D eigenvalue weighted by Gasteiger charge is 2.28. The van der Waals surface area contributed by atoms with Crippen LogP contribution in [0.25, 0.3) is 0 Å². The van der Waals surface area contributed by atoms with Gasteiger partial charge < -0.3 is 5.11 Å². The Hall–Kier alpha value is -1.08. The summed E-state index contributed by atoms with van der Waals surface area (Å²) in [6, 6.07) is 4.71. The fraction of sp³-hybridized carbons (Fsp3) is 0.300. The lowest BCUT2D eigenvalue weighted by molar-refractivity contribution is 0.441. The maximum atomic E-state index is 13.6. The highest BCUT2D eigenvalue weighted by Crippen LogP contribution is 2.35. The van der Waals surface area contributed by atoms with Gasteiger partial charge in [-0.25, -0.2) is 4.39 Å². The van der Waals surface area contributed by atoms with E-state index in [-0.39, 0.29) is 15.8 Å². The van der Waals surface area contributed by atoms with Gasteiger partial charge in [0.15, 0.2) is 0 Å². The van der Waals surface area contributed by atoms with Crippen LogP contribution < -0.4 is 0 Å². The average molecular weight is 258 g/mol. The minimum absolute atomic E-state index is 0.0226. The molecule has 0 atom stereocenters. The molecule has 0 amide bonds. The molecule has 1 N–H and O–H groups in total. The van der Waals surface area contributed by atoms with E-state index in [9.17, 15) is 9.50 Å². The van der Waals surface area contributed by atoms with Gasteiger partial charge in [0.1, 0.15) is 11.6 Å². The summed E-state index contributed by atoms with van der Waals surface area (Å²) in [7, 11) is 0. The number of hydrogen-bond donors (Lipinski definition) is 1. The van der Waals surface area contributed by atoms with Crippen molar-refractivity contribution in [3.63, 3.8) is 0 Å². The van der Waals surface area contributed by atoms with Crippen LogP contribution in [0.4, 0.5) is 4.39 Å². The van der Waals surface area contributed by atoms with Crippen LogP contribution in [0.1, 0.15) is 19.4 Å². The Labute approximate surface area is 90.1 Å². The third kappa shape index (κ3) is 1.73. The van der Waals surface area contributed by atoms with Crippen molar-refractivity contribution in [3.05, 3.63) is 28.0 Å². The molecule has 4 heteroatoms. The van der Waals surface area contributed by atoms with Crippen LogP contribution in [0, 0.1) is 17.1 Å². The summed E-state index contributed by atoms with van der Waals surface area (Å²) in [4.78, 5) is 0. The summed E-state index contributed by atoms with van der Waals surface area (Å²) in [5.41, 5.74) is -1.02. The minimum atomic E-state index is -1.04. The molecule has 0 spiro atoms. The van der Waals surface area contributed by atoms with E-state index in [1.807, 2.05) is 6.07 Å². The molecule has 1 rings (SSSR count). The first-order chi connectivity index (χ1) is 6.40. The van der Waals surface area contributed by atoms with Crippen molar-refractivity contribution in [2.24, 2.45) is 0 Å². The monoisotopic (exact) mass is 257 g/mol. The zero-order valence-corrected chi connectivity index (χ0v) is 9.39. The second-order valence-corrected chi connectivity index (χ2v) is 4.35. The lowest BCUT2D eigenvalue weighted by atomic mass is 9.85. The van der Waals surface area contributed by atoms with Gasteiger partial charge in [-0.15, -0.1) is 0 Å². The average Bonchev–Trinajstić information content (AvgIpc) is 2.12. The van der Waals surface area contributed by atoms with Gasteiger partial charge >= 0.3 is 0 Å². The van der Waals surface area contributed by atoms with Crippen LogP contribution in [0.5, 0.6) is 5.75 Å². The molecule has 0 aliphatic carbocycles. The maximum absolute atomic E-state index is 13.6. The van der Waals surface area contributed by atoms with Crippen molar-refractivity contribution >= 4 is 15.9 Å². The molecule has 0 bridgehead atoms. The highest BCUT2D eigenvalue weighted by molar-refractivity contribution is 9.10. The number of nitriles is 1. The van der Waals surface area contributed by atoms with Crippen molar-refractivity contribution < 1.29 is 9.50 Å². The molecule has 0 saturated heterocycles. The number of hydrogen-bond acceptors (Lipinski definition) is 2. The standard InChI is InChI=1S/C10H9BrFNO/c1-10(2,5-13)8-7(14)4-3-6(11)9(8)12/h3-4,14H,1-2H3. The van der Waals surface area contributed by atoms with Gasteiger partial charge in [0.25, 0.3) is 0 Å². The summed E-state index contributed by atoms with van der Waals surface area (Å²) in [6.07, 6.45) is 0. The molecule has 1 aromatic rings. The first-order valence-corrected chi connectivity index (χ1v) is 4.78. The number of rotatable bonds is 1. The zero-order chi connectivity index (χ0) is 10.9. The van der Waals surface area contributed by atoms with Gasteiger partial charge in [0, 0.05) is 0 Å². The largest absolute Gasteiger partial charge is 0.508 e. The van der Waals surface area contributed by atoms with E-state index in [1.54, 1.807) is 13.8 Å². The zero-order valence-electron chi connectivity index (χ0n) is 7.81. The quantitative estimate of drug-likeness (QED) is 0.841. The molecule has 0 heterocycles. The van der Waals surface area contributed by atoms with E-state index in [0.717, 1.165) is 0 Å². The molecule has 0 fully saturated rings. The van der Waals surface area contributed by atoms with Gasteiger partial charge in [-0.3, -0.25) is 0 Å². The van der Waals surface area contributed by atoms with Crippen LogP contribution >= 0.6 is 15.9 Å². The lowest BCUT2D eigenvalue weighted by Gasteiger charge is -2.18. The Bertz CT molecular complexity index is 409. The molecule has 14 heavy (non-hydrogen) atoms. The summed E-state index contributed by atoms with van der Waals surface area (Å²) < 4.78 is 13.8. The molecular formula is C10H9BrFNO. The van der Waals surface area contributed by atoms with E-state index in [4.69, 9.17) is 5.26 Å². The van der Waals surface area contributed by atoms with Crippen molar-refractivity contribution in [2.45, 2.75) is 19.3 Å². The van der Waals surface area contributed by atoms with Crippen LogP contribution in [-0.2, 0) is 5.41 Å². The van der Waals surface area contributed by atoms with Gasteiger partial charge in [0.2, 0.25) is 0 Å². The predicted molar refractivity (Wildman–Crippen MR) is 54.4 cm³/mol. The van der Waals surface area contributed by atoms with Crippen molar-refractivity contribution in [1.82, 2.24) is 0 Å². The molecule has 0 radical (unpaired) electrons. The number of aromatic hydroxyl groups is 1. The molecule has 74 valence electrons. The molecule has 2 nitrogen and oxygen atoms in total. The first-order valence-electron chi connectivity index (χ1n) is 3.99. The highest BCUT2D eigenvalue weighted by atomic mass is 79.9. The SMILES string of the molecule is CC(C)(C#N)c1c(O)ccc(Br)c1F. The number of phenols is 1. The topological polar surface area (TPSA) is 44.0 Å². The molecule has 0 aliphatic heterocycles. The first kappa shape index (κ1) is 11.0. The predicted octanol–water partition coefficient (Wildman–Crippen LogP) is 3.09. The third-order valence-corrected chi connectivity index (χ3v) is 2.59. The Morgan fingerprint density at radius 1 is 1.50 bits per heavy atom. The summed E-state index contributed by atoms with van der Waals surface area (Å²) in [5, 5.41) is 18.3. The molecule has 0 aliphatic rings. The van der Waals surface area contributed by atoms with Crippen LogP contribution in [0.15, 0.2) is 16.6 Å². The van der Waals surface area contributed by atoms with Crippen molar-refractivity contribution in [2.75, 3.05) is 0 Å². The summed E-state index contributed by atoms with van der Waals surface area (Å²) >= 11 is 3.01.